The Morgan fingerprint density at radius 3 is 2.29 bits per heavy atom. The number of rotatable bonds is 3. The molecule has 0 aromatic heterocycles. The third kappa shape index (κ3) is 2.31. The normalized spacial score (nSPS) is 14.8. The standard InChI is InChI=1S/C10H13NO3/c1-6-2-4-7(5-3-6)9(12)8(11)10(13)14/h2-5,8-9,12H,11H2,1H3,(H,13,14). The van der Waals surface area contributed by atoms with E-state index >= 15 is 0 Å². The predicted molar refractivity (Wildman–Crippen MR) is 51.8 cm³/mol. The number of benzene rings is 1. The molecular weight excluding hydrogens is 182 g/mol. The highest BCUT2D eigenvalue weighted by Gasteiger charge is 2.22. The molecule has 1 aromatic rings. The summed E-state index contributed by atoms with van der Waals surface area (Å²) in [5.74, 6) is -1.21. The van der Waals surface area contributed by atoms with Crippen LogP contribution in [-0.4, -0.2) is 22.2 Å². The van der Waals surface area contributed by atoms with Crippen LogP contribution in [0.15, 0.2) is 24.3 Å². The van der Waals surface area contributed by atoms with Crippen molar-refractivity contribution in [1.29, 1.82) is 0 Å². The lowest BCUT2D eigenvalue weighted by Gasteiger charge is -2.15. The number of aryl methyl sites for hydroxylation is 1. The van der Waals surface area contributed by atoms with Crippen LogP contribution < -0.4 is 5.73 Å². The van der Waals surface area contributed by atoms with Crippen molar-refractivity contribution in [3.05, 3.63) is 35.4 Å². The van der Waals surface area contributed by atoms with E-state index in [9.17, 15) is 9.90 Å². The van der Waals surface area contributed by atoms with E-state index in [1.54, 1.807) is 24.3 Å². The second-order valence-electron chi connectivity index (χ2n) is 3.22. The minimum atomic E-state index is -1.28. The molecule has 14 heavy (non-hydrogen) atoms. The lowest BCUT2D eigenvalue weighted by molar-refractivity contribution is -0.141. The smallest absolute Gasteiger partial charge is 0.323 e. The highest BCUT2D eigenvalue weighted by atomic mass is 16.4. The van der Waals surface area contributed by atoms with Gasteiger partial charge in [0, 0.05) is 0 Å². The second kappa shape index (κ2) is 4.21. The lowest BCUT2D eigenvalue weighted by atomic mass is 10.0. The molecule has 2 atom stereocenters. The van der Waals surface area contributed by atoms with Gasteiger partial charge in [-0.3, -0.25) is 4.79 Å². The van der Waals surface area contributed by atoms with Gasteiger partial charge in [-0.2, -0.15) is 0 Å². The summed E-state index contributed by atoms with van der Waals surface area (Å²) in [6.45, 7) is 1.91. The second-order valence-corrected chi connectivity index (χ2v) is 3.22. The number of aliphatic hydroxyl groups is 1. The van der Waals surface area contributed by atoms with Gasteiger partial charge in [0.2, 0.25) is 0 Å². The number of carboxylic acid groups (broad SMARTS) is 1. The van der Waals surface area contributed by atoms with Gasteiger partial charge >= 0.3 is 5.97 Å². The van der Waals surface area contributed by atoms with Crippen LogP contribution in [0.5, 0.6) is 0 Å². The van der Waals surface area contributed by atoms with E-state index < -0.39 is 18.1 Å². The number of carboxylic acids is 1. The molecule has 2 unspecified atom stereocenters. The maximum atomic E-state index is 10.5. The molecule has 4 N–H and O–H groups in total. The van der Waals surface area contributed by atoms with Crippen LogP contribution in [0.2, 0.25) is 0 Å². The molecule has 0 aliphatic heterocycles. The maximum absolute atomic E-state index is 10.5. The fourth-order valence-corrected chi connectivity index (χ4v) is 1.11. The van der Waals surface area contributed by atoms with Gasteiger partial charge in [-0.1, -0.05) is 29.8 Å². The van der Waals surface area contributed by atoms with Crippen LogP contribution in [0.3, 0.4) is 0 Å². The van der Waals surface area contributed by atoms with E-state index in [1.165, 1.54) is 0 Å². The SMILES string of the molecule is Cc1ccc(C(O)C(N)C(=O)O)cc1. The van der Waals surface area contributed by atoms with Crippen molar-refractivity contribution in [2.75, 3.05) is 0 Å². The van der Waals surface area contributed by atoms with E-state index in [0.717, 1.165) is 5.56 Å². The molecule has 4 nitrogen and oxygen atoms in total. The van der Waals surface area contributed by atoms with Crippen LogP contribution >= 0.6 is 0 Å². The van der Waals surface area contributed by atoms with Crippen LogP contribution in [0.1, 0.15) is 17.2 Å². The minimum Gasteiger partial charge on any atom is -0.480 e. The number of aliphatic carboxylic acids is 1. The Hall–Kier alpha value is -1.39. The summed E-state index contributed by atoms with van der Waals surface area (Å²) < 4.78 is 0. The van der Waals surface area contributed by atoms with Gasteiger partial charge in [-0.05, 0) is 12.5 Å². The van der Waals surface area contributed by atoms with Crippen LogP contribution in [0.4, 0.5) is 0 Å². The first-order chi connectivity index (χ1) is 6.52. The third-order valence-electron chi connectivity index (χ3n) is 2.04. The molecule has 76 valence electrons. The Bertz CT molecular complexity index is 321. The van der Waals surface area contributed by atoms with Gasteiger partial charge in [0.25, 0.3) is 0 Å². The number of aliphatic hydroxyl groups excluding tert-OH is 1. The summed E-state index contributed by atoms with van der Waals surface area (Å²) in [5, 5.41) is 18.1. The average molecular weight is 195 g/mol. The molecule has 4 heteroatoms. The van der Waals surface area contributed by atoms with Gasteiger partial charge in [0.1, 0.15) is 12.1 Å². The summed E-state index contributed by atoms with van der Waals surface area (Å²) in [6.07, 6.45) is -1.16. The van der Waals surface area contributed by atoms with E-state index in [2.05, 4.69) is 0 Å². The van der Waals surface area contributed by atoms with Gasteiger partial charge in [0.05, 0.1) is 0 Å². The Kier molecular flexibility index (Phi) is 3.22. The molecule has 0 saturated carbocycles. The molecule has 0 aliphatic rings. The van der Waals surface area contributed by atoms with E-state index in [-0.39, 0.29) is 0 Å². The van der Waals surface area contributed by atoms with Crippen molar-refractivity contribution in [2.45, 2.75) is 19.1 Å². The fraction of sp³-hybridized carbons (Fsp3) is 0.300. The zero-order chi connectivity index (χ0) is 10.7. The zero-order valence-electron chi connectivity index (χ0n) is 7.84. The van der Waals surface area contributed by atoms with Gasteiger partial charge in [-0.15, -0.1) is 0 Å². The molecule has 0 fully saturated rings. The predicted octanol–water partition coefficient (Wildman–Crippen LogP) is 0.440. The molecule has 0 bridgehead atoms. The Morgan fingerprint density at radius 1 is 1.36 bits per heavy atom. The number of hydrogen-bond donors (Lipinski definition) is 3. The van der Waals surface area contributed by atoms with Gasteiger partial charge in [-0.25, -0.2) is 0 Å². The molecule has 1 rings (SSSR count). The monoisotopic (exact) mass is 195 g/mol. The Morgan fingerprint density at radius 2 is 1.86 bits per heavy atom. The van der Waals surface area contributed by atoms with Crippen molar-refractivity contribution in [2.24, 2.45) is 5.73 Å². The minimum absolute atomic E-state index is 0.519. The fourth-order valence-electron chi connectivity index (χ4n) is 1.11. The molecule has 0 spiro atoms. The van der Waals surface area contributed by atoms with Gasteiger partial charge in [0.15, 0.2) is 0 Å². The third-order valence-corrected chi connectivity index (χ3v) is 2.04. The molecule has 0 saturated heterocycles. The molecule has 0 radical (unpaired) electrons. The average Bonchev–Trinajstić information content (AvgIpc) is 2.16. The Labute approximate surface area is 82.0 Å². The quantitative estimate of drug-likeness (QED) is 0.653. The van der Waals surface area contributed by atoms with Crippen molar-refractivity contribution in [1.82, 2.24) is 0 Å². The molecule has 1 aromatic carbocycles. The molecular formula is C10H13NO3. The first-order valence-corrected chi connectivity index (χ1v) is 4.25. The summed E-state index contributed by atoms with van der Waals surface area (Å²) in [4.78, 5) is 10.5. The number of nitrogens with two attached hydrogens (primary N) is 1. The zero-order valence-corrected chi connectivity index (χ0v) is 7.84. The van der Waals surface area contributed by atoms with Crippen LogP contribution in [0.25, 0.3) is 0 Å². The summed E-state index contributed by atoms with van der Waals surface area (Å²) in [6, 6.07) is 5.66. The lowest BCUT2D eigenvalue weighted by Crippen LogP contribution is -2.36. The van der Waals surface area contributed by atoms with Crippen LogP contribution in [-0.2, 0) is 4.79 Å². The van der Waals surface area contributed by atoms with E-state index in [4.69, 9.17) is 10.8 Å². The van der Waals surface area contributed by atoms with E-state index in [0.29, 0.717) is 5.56 Å². The maximum Gasteiger partial charge on any atom is 0.323 e. The highest BCUT2D eigenvalue weighted by Crippen LogP contribution is 2.16. The first kappa shape index (κ1) is 10.7. The topological polar surface area (TPSA) is 83.5 Å². The van der Waals surface area contributed by atoms with Crippen molar-refractivity contribution in [3.8, 4) is 0 Å². The number of carbonyl (C=O) groups is 1. The summed E-state index contributed by atoms with van der Waals surface area (Å²) in [5.41, 5.74) is 6.85. The Balaban J connectivity index is 2.84. The highest BCUT2D eigenvalue weighted by molar-refractivity contribution is 5.74. The number of hydrogen-bond acceptors (Lipinski definition) is 3. The summed E-state index contributed by atoms with van der Waals surface area (Å²) in [7, 11) is 0. The first-order valence-electron chi connectivity index (χ1n) is 4.25. The van der Waals surface area contributed by atoms with E-state index in [1.807, 2.05) is 6.92 Å². The van der Waals surface area contributed by atoms with Crippen molar-refractivity contribution < 1.29 is 15.0 Å². The molecule has 0 aliphatic carbocycles. The van der Waals surface area contributed by atoms with Crippen LogP contribution in [0, 0.1) is 6.92 Å². The molecule has 0 heterocycles. The van der Waals surface area contributed by atoms with Crippen molar-refractivity contribution >= 4 is 5.97 Å². The molecule has 0 amide bonds. The van der Waals surface area contributed by atoms with Gasteiger partial charge < -0.3 is 15.9 Å². The largest absolute Gasteiger partial charge is 0.480 e. The summed E-state index contributed by atoms with van der Waals surface area (Å²) >= 11 is 0. The van der Waals surface area contributed by atoms with Crippen molar-refractivity contribution in [3.63, 3.8) is 0 Å².